The van der Waals surface area contributed by atoms with Crippen molar-refractivity contribution in [3.05, 3.63) is 57.4 Å². The Hall–Kier alpha value is -2.74. The summed E-state index contributed by atoms with van der Waals surface area (Å²) >= 11 is 0. The van der Waals surface area contributed by atoms with Crippen LogP contribution in [0.1, 0.15) is 19.5 Å². The first-order valence-electron chi connectivity index (χ1n) is 5.32. The fourth-order valence-electron chi connectivity index (χ4n) is 0.881. The molecule has 0 aliphatic carbocycles. The predicted octanol–water partition coefficient (Wildman–Crippen LogP) is 1.80. The van der Waals surface area contributed by atoms with Crippen LogP contribution in [0.25, 0.3) is 6.08 Å². The van der Waals surface area contributed by atoms with Crippen molar-refractivity contribution in [3.8, 4) is 18.6 Å². The van der Waals surface area contributed by atoms with Gasteiger partial charge in [-0.3, -0.25) is 9.78 Å². The summed E-state index contributed by atoms with van der Waals surface area (Å²) in [6, 6.07) is 0. The van der Waals surface area contributed by atoms with Gasteiger partial charge in [0.2, 0.25) is 5.75 Å². The second-order valence-corrected chi connectivity index (χ2v) is 2.96. The van der Waals surface area contributed by atoms with E-state index in [2.05, 4.69) is 24.4 Å². The van der Waals surface area contributed by atoms with E-state index in [1.165, 1.54) is 6.08 Å². The zero-order valence-electron chi connectivity index (χ0n) is 11.0. The molecular formula is C14H18N2O3. The molecule has 102 valence electrons. The fourth-order valence-corrected chi connectivity index (χ4v) is 0.881. The third kappa shape index (κ3) is 8.05. The largest absolute Gasteiger partial charge is 0.502 e. The standard InChI is InChI=1S/C9H10N2O3.C3H6.C2H2/c1-2-3-4-5-6-7(12)8(13)11-9(14)10-6;1-3-2;1-2/h2-5,12H,1H3,(H2,10,11,13,14);3H,1H2,2H3;1-2H/b3-2+,5-4+;;. The third-order valence-corrected chi connectivity index (χ3v) is 1.51. The molecule has 0 atom stereocenters. The lowest BCUT2D eigenvalue weighted by Gasteiger charge is -1.95. The van der Waals surface area contributed by atoms with Crippen LogP contribution in [0.5, 0.6) is 5.75 Å². The number of hydrogen-bond acceptors (Lipinski definition) is 3. The Morgan fingerprint density at radius 1 is 1.16 bits per heavy atom. The van der Waals surface area contributed by atoms with Gasteiger partial charge in [0.05, 0.1) is 5.69 Å². The topological polar surface area (TPSA) is 86.0 Å². The maximum atomic E-state index is 10.9. The molecular weight excluding hydrogens is 244 g/mol. The molecule has 0 fully saturated rings. The Bertz CT molecular complexity index is 560. The van der Waals surface area contributed by atoms with E-state index in [9.17, 15) is 14.7 Å². The van der Waals surface area contributed by atoms with Gasteiger partial charge in [0, 0.05) is 0 Å². The van der Waals surface area contributed by atoms with Crippen molar-refractivity contribution >= 4 is 6.08 Å². The molecule has 0 aliphatic rings. The van der Waals surface area contributed by atoms with E-state index < -0.39 is 17.0 Å². The van der Waals surface area contributed by atoms with Crippen LogP contribution in [0.4, 0.5) is 0 Å². The van der Waals surface area contributed by atoms with Crippen molar-refractivity contribution in [3.63, 3.8) is 0 Å². The van der Waals surface area contributed by atoms with Crippen LogP contribution in [0.3, 0.4) is 0 Å². The molecule has 3 N–H and O–H groups in total. The van der Waals surface area contributed by atoms with E-state index in [0.29, 0.717) is 0 Å². The van der Waals surface area contributed by atoms with Crippen LogP contribution in [0, 0.1) is 12.8 Å². The lowest BCUT2D eigenvalue weighted by Crippen LogP contribution is -2.22. The van der Waals surface area contributed by atoms with Crippen LogP contribution < -0.4 is 11.2 Å². The summed E-state index contributed by atoms with van der Waals surface area (Å²) in [5.41, 5.74) is -1.35. The summed E-state index contributed by atoms with van der Waals surface area (Å²) in [6.45, 7) is 7.07. The number of terminal acetylenes is 1. The number of rotatable bonds is 2. The van der Waals surface area contributed by atoms with E-state index in [1.807, 2.05) is 18.8 Å². The second kappa shape index (κ2) is 11.7. The zero-order chi connectivity index (χ0) is 15.3. The van der Waals surface area contributed by atoms with Crippen LogP contribution >= 0.6 is 0 Å². The molecule has 1 aromatic heterocycles. The monoisotopic (exact) mass is 262 g/mol. The Morgan fingerprint density at radius 2 is 1.68 bits per heavy atom. The number of aromatic amines is 2. The van der Waals surface area contributed by atoms with Crippen LogP contribution in [-0.4, -0.2) is 15.1 Å². The van der Waals surface area contributed by atoms with Gasteiger partial charge in [-0.15, -0.1) is 19.4 Å². The summed E-state index contributed by atoms with van der Waals surface area (Å²) in [5.74, 6) is -0.495. The number of aromatic nitrogens is 2. The van der Waals surface area contributed by atoms with Crippen molar-refractivity contribution in [2.45, 2.75) is 13.8 Å². The molecule has 0 amide bonds. The number of aromatic hydroxyl groups is 1. The first-order chi connectivity index (χ1) is 9.06. The van der Waals surface area contributed by atoms with Crippen molar-refractivity contribution in [1.29, 1.82) is 0 Å². The van der Waals surface area contributed by atoms with Crippen LogP contribution in [0.2, 0.25) is 0 Å². The zero-order valence-corrected chi connectivity index (χ0v) is 11.0. The lowest BCUT2D eigenvalue weighted by atomic mass is 10.3. The summed E-state index contributed by atoms with van der Waals surface area (Å²) in [4.78, 5) is 25.9. The Labute approximate surface area is 112 Å². The highest BCUT2D eigenvalue weighted by Gasteiger charge is 2.02. The van der Waals surface area contributed by atoms with Crippen LogP contribution in [-0.2, 0) is 0 Å². The molecule has 19 heavy (non-hydrogen) atoms. The number of hydrogen-bond donors (Lipinski definition) is 3. The summed E-state index contributed by atoms with van der Waals surface area (Å²) in [5, 5.41) is 9.23. The van der Waals surface area contributed by atoms with Gasteiger partial charge in [0.1, 0.15) is 0 Å². The molecule has 1 heterocycles. The lowest BCUT2D eigenvalue weighted by molar-refractivity contribution is 0.460. The Balaban J connectivity index is 0. The highest BCUT2D eigenvalue weighted by atomic mass is 16.3. The van der Waals surface area contributed by atoms with Crippen molar-refractivity contribution in [2.24, 2.45) is 0 Å². The molecule has 5 nitrogen and oxygen atoms in total. The molecule has 0 spiro atoms. The third-order valence-electron chi connectivity index (χ3n) is 1.51. The quantitative estimate of drug-likeness (QED) is 0.431. The predicted molar refractivity (Wildman–Crippen MR) is 79.0 cm³/mol. The molecule has 1 aromatic rings. The molecule has 0 saturated carbocycles. The molecule has 0 radical (unpaired) electrons. The highest BCUT2D eigenvalue weighted by molar-refractivity contribution is 5.52. The van der Waals surface area contributed by atoms with Gasteiger partial charge in [-0.05, 0) is 19.9 Å². The minimum atomic E-state index is -0.797. The summed E-state index contributed by atoms with van der Waals surface area (Å²) in [7, 11) is 0. The summed E-state index contributed by atoms with van der Waals surface area (Å²) < 4.78 is 0. The van der Waals surface area contributed by atoms with Crippen molar-refractivity contribution < 1.29 is 5.11 Å². The highest BCUT2D eigenvalue weighted by Crippen LogP contribution is 2.06. The van der Waals surface area contributed by atoms with Gasteiger partial charge < -0.3 is 10.1 Å². The molecule has 0 aromatic carbocycles. The van der Waals surface area contributed by atoms with Crippen LogP contribution in [0.15, 0.2) is 40.5 Å². The van der Waals surface area contributed by atoms with E-state index in [0.717, 1.165) is 0 Å². The summed E-state index contributed by atoms with van der Waals surface area (Å²) in [6.07, 6.45) is 16.3. The normalized spacial score (nSPS) is 9.26. The van der Waals surface area contributed by atoms with E-state index in [-0.39, 0.29) is 5.69 Å². The van der Waals surface area contributed by atoms with Gasteiger partial charge in [-0.25, -0.2) is 4.79 Å². The average molecular weight is 262 g/mol. The molecule has 0 unspecified atom stereocenters. The van der Waals surface area contributed by atoms with Gasteiger partial charge in [0.25, 0.3) is 5.56 Å². The second-order valence-electron chi connectivity index (χ2n) is 2.96. The smallest absolute Gasteiger partial charge is 0.326 e. The van der Waals surface area contributed by atoms with Crippen molar-refractivity contribution in [1.82, 2.24) is 9.97 Å². The molecule has 0 aliphatic heterocycles. The number of H-pyrrole nitrogens is 2. The Kier molecular flexibility index (Phi) is 11.5. The maximum absolute atomic E-state index is 10.9. The molecule has 5 heteroatoms. The molecule has 0 bridgehead atoms. The fraction of sp³-hybridized carbons (Fsp3) is 0.143. The first-order valence-corrected chi connectivity index (χ1v) is 5.32. The minimum Gasteiger partial charge on any atom is -0.502 e. The number of allylic oxidation sites excluding steroid dienone is 4. The van der Waals surface area contributed by atoms with Gasteiger partial charge in [-0.1, -0.05) is 24.3 Å². The SMILES string of the molecule is C#C.C/C=C/C=C/c1[nH]c(=O)[nH]c(=O)c1O.C=CC. The van der Waals surface area contributed by atoms with Gasteiger partial charge in [0.15, 0.2) is 0 Å². The first kappa shape index (κ1) is 18.6. The Morgan fingerprint density at radius 3 is 2.16 bits per heavy atom. The van der Waals surface area contributed by atoms with E-state index >= 15 is 0 Å². The van der Waals surface area contributed by atoms with Gasteiger partial charge >= 0.3 is 5.69 Å². The minimum absolute atomic E-state index is 0.0943. The van der Waals surface area contributed by atoms with E-state index in [4.69, 9.17) is 0 Å². The number of nitrogens with one attached hydrogen (secondary N) is 2. The molecule has 1 rings (SSSR count). The maximum Gasteiger partial charge on any atom is 0.326 e. The van der Waals surface area contributed by atoms with Crippen molar-refractivity contribution in [2.75, 3.05) is 0 Å². The average Bonchev–Trinajstić information content (AvgIpc) is 2.39. The van der Waals surface area contributed by atoms with Gasteiger partial charge in [-0.2, -0.15) is 0 Å². The molecule has 0 saturated heterocycles. The van der Waals surface area contributed by atoms with E-state index in [1.54, 1.807) is 24.3 Å².